The van der Waals surface area contributed by atoms with Crippen molar-refractivity contribution >= 4 is 17.6 Å². The van der Waals surface area contributed by atoms with E-state index >= 15 is 0 Å². The molecule has 6 heteroatoms. The number of benzene rings is 2. The molecular formula is C24H20N2O4. The van der Waals surface area contributed by atoms with Crippen molar-refractivity contribution in [3.63, 3.8) is 0 Å². The minimum atomic E-state index is -0.508. The number of pyridine rings is 1. The van der Waals surface area contributed by atoms with E-state index in [2.05, 4.69) is 24.3 Å². The van der Waals surface area contributed by atoms with Crippen molar-refractivity contribution in [3.8, 4) is 11.1 Å². The Morgan fingerprint density at radius 3 is 2.80 bits per heavy atom. The largest absolute Gasteiger partial charge is 0.619 e. The van der Waals surface area contributed by atoms with Gasteiger partial charge in [0.05, 0.1) is 11.5 Å². The van der Waals surface area contributed by atoms with Crippen LogP contribution in [-0.4, -0.2) is 18.4 Å². The topological polar surface area (TPSA) is 73.5 Å². The van der Waals surface area contributed by atoms with Gasteiger partial charge in [0.2, 0.25) is 5.91 Å². The van der Waals surface area contributed by atoms with Gasteiger partial charge in [-0.05, 0) is 46.9 Å². The van der Waals surface area contributed by atoms with Gasteiger partial charge in [0.15, 0.2) is 12.4 Å². The molecule has 150 valence electrons. The van der Waals surface area contributed by atoms with E-state index in [0.717, 1.165) is 12.1 Å². The Labute approximate surface area is 173 Å². The SMILES string of the molecule is O=C(OCc1ccc[n+]([O-])c1)C1CC(=O)N(c2ccc3c(c2)Cc2ccccc2-3)C1. The summed E-state index contributed by atoms with van der Waals surface area (Å²) in [5.74, 6) is -1.00. The maximum Gasteiger partial charge on any atom is 0.311 e. The molecule has 2 aromatic carbocycles. The number of aromatic nitrogens is 1. The lowest BCUT2D eigenvalue weighted by atomic mass is 10.1. The van der Waals surface area contributed by atoms with Crippen LogP contribution in [0.25, 0.3) is 11.1 Å². The summed E-state index contributed by atoms with van der Waals surface area (Å²) in [4.78, 5) is 26.7. The van der Waals surface area contributed by atoms with E-state index in [1.807, 2.05) is 18.2 Å². The van der Waals surface area contributed by atoms with E-state index < -0.39 is 11.9 Å². The van der Waals surface area contributed by atoms with Crippen LogP contribution in [0.3, 0.4) is 0 Å². The molecule has 1 aliphatic heterocycles. The van der Waals surface area contributed by atoms with Crippen LogP contribution in [-0.2, 0) is 27.4 Å². The number of hydrogen-bond acceptors (Lipinski definition) is 4. The van der Waals surface area contributed by atoms with Crippen molar-refractivity contribution < 1.29 is 19.1 Å². The highest BCUT2D eigenvalue weighted by molar-refractivity contribution is 6.00. The summed E-state index contributed by atoms with van der Waals surface area (Å²) in [6.07, 6.45) is 3.71. The molecule has 1 atom stereocenters. The van der Waals surface area contributed by atoms with Gasteiger partial charge in [0, 0.05) is 24.7 Å². The van der Waals surface area contributed by atoms with Crippen LogP contribution >= 0.6 is 0 Å². The van der Waals surface area contributed by atoms with Gasteiger partial charge in [-0.15, -0.1) is 0 Å². The summed E-state index contributed by atoms with van der Waals surface area (Å²) in [5, 5.41) is 11.3. The fourth-order valence-corrected chi connectivity index (χ4v) is 4.27. The average molecular weight is 400 g/mol. The molecule has 5 rings (SSSR count). The first-order valence-corrected chi connectivity index (χ1v) is 9.94. The zero-order valence-corrected chi connectivity index (χ0v) is 16.3. The van der Waals surface area contributed by atoms with Crippen LogP contribution in [0.2, 0.25) is 0 Å². The normalized spacial score (nSPS) is 17.0. The second kappa shape index (κ2) is 7.30. The van der Waals surface area contributed by atoms with Crippen molar-refractivity contribution in [1.82, 2.24) is 0 Å². The number of nitrogens with zero attached hydrogens (tertiary/aromatic N) is 2. The first-order chi connectivity index (χ1) is 14.6. The Balaban J connectivity index is 1.27. The van der Waals surface area contributed by atoms with Gasteiger partial charge in [0.25, 0.3) is 0 Å². The molecule has 1 unspecified atom stereocenters. The molecule has 2 aliphatic rings. The van der Waals surface area contributed by atoms with Gasteiger partial charge >= 0.3 is 5.97 Å². The summed E-state index contributed by atoms with van der Waals surface area (Å²) in [6, 6.07) is 17.7. The second-order valence-corrected chi connectivity index (χ2v) is 7.76. The van der Waals surface area contributed by atoms with E-state index in [-0.39, 0.29) is 18.9 Å². The van der Waals surface area contributed by atoms with E-state index in [9.17, 15) is 14.8 Å². The standard InChI is InChI=1S/C24H20N2O4/c27-23-12-19(24(28)30-15-16-4-3-9-25(29)13-16)14-26(23)20-7-8-22-18(11-20)10-17-5-1-2-6-21(17)22/h1-9,11,13,19H,10,12,14-15H2. The minimum Gasteiger partial charge on any atom is -0.619 e. The molecule has 1 aliphatic carbocycles. The van der Waals surface area contributed by atoms with Crippen LogP contribution < -0.4 is 9.63 Å². The Bertz CT molecular complexity index is 1160. The van der Waals surface area contributed by atoms with E-state index in [4.69, 9.17) is 4.74 Å². The first-order valence-electron chi connectivity index (χ1n) is 9.94. The van der Waals surface area contributed by atoms with Gasteiger partial charge in [0.1, 0.15) is 6.61 Å². The van der Waals surface area contributed by atoms with Crippen LogP contribution in [0.5, 0.6) is 0 Å². The van der Waals surface area contributed by atoms with Crippen LogP contribution in [0.1, 0.15) is 23.1 Å². The summed E-state index contributed by atoms with van der Waals surface area (Å²) in [7, 11) is 0. The maximum atomic E-state index is 12.6. The number of anilines is 1. The highest BCUT2D eigenvalue weighted by Gasteiger charge is 2.36. The van der Waals surface area contributed by atoms with Crippen LogP contribution in [0, 0.1) is 11.1 Å². The average Bonchev–Trinajstić information content (AvgIpc) is 3.32. The zero-order valence-electron chi connectivity index (χ0n) is 16.3. The molecule has 1 saturated heterocycles. The molecule has 3 aromatic rings. The number of rotatable bonds is 4. The summed E-state index contributed by atoms with van der Waals surface area (Å²) in [5.41, 5.74) is 6.36. The number of carbonyl (C=O) groups is 2. The third-order valence-electron chi connectivity index (χ3n) is 5.76. The van der Waals surface area contributed by atoms with Gasteiger partial charge in [-0.3, -0.25) is 9.59 Å². The highest BCUT2D eigenvalue weighted by atomic mass is 16.5. The summed E-state index contributed by atoms with van der Waals surface area (Å²) in [6.45, 7) is 0.323. The van der Waals surface area contributed by atoms with Crippen molar-refractivity contribution in [3.05, 3.63) is 88.9 Å². The molecule has 1 aromatic heterocycles. The lowest BCUT2D eigenvalue weighted by Crippen LogP contribution is -2.27. The molecule has 6 nitrogen and oxygen atoms in total. The molecule has 0 N–H and O–H groups in total. The number of fused-ring (bicyclic) bond motifs is 3. The zero-order chi connectivity index (χ0) is 20.7. The molecule has 0 radical (unpaired) electrons. The first kappa shape index (κ1) is 18.4. The molecule has 1 fully saturated rings. The lowest BCUT2D eigenvalue weighted by molar-refractivity contribution is -0.606. The number of hydrogen-bond donors (Lipinski definition) is 0. The lowest BCUT2D eigenvalue weighted by Gasteiger charge is -2.18. The van der Waals surface area contributed by atoms with Crippen molar-refractivity contribution in [1.29, 1.82) is 0 Å². The number of ether oxygens (including phenoxy) is 1. The van der Waals surface area contributed by atoms with Crippen LogP contribution in [0.4, 0.5) is 5.69 Å². The molecule has 0 spiro atoms. The third-order valence-corrected chi connectivity index (χ3v) is 5.76. The van der Waals surface area contributed by atoms with Crippen molar-refractivity contribution in [2.75, 3.05) is 11.4 Å². The van der Waals surface area contributed by atoms with E-state index in [0.29, 0.717) is 16.8 Å². The molecule has 0 saturated carbocycles. The number of esters is 1. The molecule has 0 bridgehead atoms. The highest BCUT2D eigenvalue weighted by Crippen LogP contribution is 2.39. The smallest absolute Gasteiger partial charge is 0.311 e. The van der Waals surface area contributed by atoms with Crippen LogP contribution in [0.15, 0.2) is 67.0 Å². The van der Waals surface area contributed by atoms with Gasteiger partial charge < -0.3 is 14.8 Å². The second-order valence-electron chi connectivity index (χ2n) is 7.76. The van der Waals surface area contributed by atoms with Gasteiger partial charge in [-0.25, -0.2) is 0 Å². The van der Waals surface area contributed by atoms with Crippen molar-refractivity contribution in [2.45, 2.75) is 19.4 Å². The Morgan fingerprint density at radius 1 is 1.10 bits per heavy atom. The fraction of sp³-hybridized carbons (Fsp3) is 0.208. The molecule has 30 heavy (non-hydrogen) atoms. The minimum absolute atomic E-state index is 0.0176. The molecule has 1 amide bonds. The predicted octanol–water partition coefficient (Wildman–Crippen LogP) is 2.99. The summed E-state index contributed by atoms with van der Waals surface area (Å²) < 4.78 is 6.01. The van der Waals surface area contributed by atoms with E-state index in [1.165, 1.54) is 34.6 Å². The predicted molar refractivity (Wildman–Crippen MR) is 110 cm³/mol. The summed E-state index contributed by atoms with van der Waals surface area (Å²) >= 11 is 0. The van der Waals surface area contributed by atoms with Crippen molar-refractivity contribution in [2.24, 2.45) is 5.92 Å². The maximum absolute atomic E-state index is 12.6. The van der Waals surface area contributed by atoms with E-state index in [1.54, 1.807) is 17.0 Å². The number of carbonyl (C=O) groups excluding carboxylic acids is 2. The number of amides is 1. The fourth-order valence-electron chi connectivity index (χ4n) is 4.27. The van der Waals surface area contributed by atoms with Gasteiger partial charge in [-0.1, -0.05) is 30.3 Å². The Hall–Kier alpha value is -3.67. The molecular weight excluding hydrogens is 380 g/mol. The monoisotopic (exact) mass is 400 g/mol. The Kier molecular flexibility index (Phi) is 4.47. The quantitative estimate of drug-likeness (QED) is 0.300. The van der Waals surface area contributed by atoms with Gasteiger partial charge in [-0.2, -0.15) is 4.73 Å². The molecule has 2 heterocycles. The Morgan fingerprint density at radius 2 is 1.93 bits per heavy atom. The third kappa shape index (κ3) is 3.30.